The fourth-order valence-electron chi connectivity index (χ4n) is 3.54. The third kappa shape index (κ3) is 13.2. The van der Waals surface area contributed by atoms with Gasteiger partial charge in [0, 0.05) is 31.3 Å². The minimum atomic E-state index is -1.28. The van der Waals surface area contributed by atoms with E-state index in [1.54, 1.807) is 0 Å². The molecule has 0 fully saturated rings. The Bertz CT molecular complexity index is 994. The van der Waals surface area contributed by atoms with E-state index in [1.807, 2.05) is 13.8 Å². The van der Waals surface area contributed by atoms with Gasteiger partial charge in [-0.2, -0.15) is 0 Å². The zero-order valence-corrected chi connectivity index (χ0v) is 22.2. The number of guanidine groups is 1. The van der Waals surface area contributed by atoms with Crippen LogP contribution in [0, 0.1) is 5.92 Å². The molecule has 0 saturated carbocycles. The third-order valence-corrected chi connectivity index (χ3v) is 5.55. The first-order valence-electron chi connectivity index (χ1n) is 12.5. The molecule has 218 valence electrons. The fraction of sp³-hybridized carbons (Fsp3) is 0.609. The van der Waals surface area contributed by atoms with Gasteiger partial charge < -0.3 is 49.0 Å². The number of hydrogen-bond donors (Lipinski definition) is 9. The Kier molecular flexibility index (Phi) is 14.0. The van der Waals surface area contributed by atoms with Crippen molar-refractivity contribution in [1.82, 2.24) is 25.9 Å². The lowest BCUT2D eigenvalue weighted by molar-refractivity contribution is -0.142. The molecule has 0 aliphatic rings. The smallest absolute Gasteiger partial charge is 0.326 e. The third-order valence-electron chi connectivity index (χ3n) is 5.55. The quantitative estimate of drug-likeness (QED) is 0.0511. The lowest BCUT2D eigenvalue weighted by atomic mass is 10.0. The van der Waals surface area contributed by atoms with Gasteiger partial charge in [-0.05, 0) is 31.6 Å². The highest BCUT2D eigenvalue weighted by molar-refractivity contribution is 5.94. The molecular formula is C23H40N10O6. The summed E-state index contributed by atoms with van der Waals surface area (Å²) < 4.78 is 0. The number of aliphatic carboxylic acids is 1. The maximum Gasteiger partial charge on any atom is 0.326 e. The number of amides is 4. The first-order valence-corrected chi connectivity index (χ1v) is 12.5. The number of carboxylic acids is 1. The van der Waals surface area contributed by atoms with E-state index in [0.717, 1.165) is 0 Å². The molecule has 0 radical (unpaired) electrons. The van der Waals surface area contributed by atoms with E-state index in [9.17, 15) is 29.1 Å². The number of hydrogen-bond acceptors (Lipinski definition) is 8. The first kappa shape index (κ1) is 32.8. The van der Waals surface area contributed by atoms with E-state index in [4.69, 9.17) is 22.9 Å². The zero-order valence-electron chi connectivity index (χ0n) is 22.2. The second kappa shape index (κ2) is 16.6. The Balaban J connectivity index is 3.01. The monoisotopic (exact) mass is 552 g/mol. The molecule has 0 saturated heterocycles. The average molecular weight is 553 g/mol. The largest absolute Gasteiger partial charge is 0.480 e. The van der Waals surface area contributed by atoms with E-state index < -0.39 is 53.8 Å². The Hall–Kier alpha value is -4.21. The summed E-state index contributed by atoms with van der Waals surface area (Å²) in [7, 11) is 0. The second-order valence-corrected chi connectivity index (χ2v) is 9.49. The van der Waals surface area contributed by atoms with Crippen LogP contribution in [-0.4, -0.2) is 81.3 Å². The van der Waals surface area contributed by atoms with E-state index >= 15 is 0 Å². The number of carboxylic acid groups (broad SMARTS) is 1. The van der Waals surface area contributed by atoms with Gasteiger partial charge in [-0.15, -0.1) is 0 Å². The summed E-state index contributed by atoms with van der Waals surface area (Å²) >= 11 is 0. The van der Waals surface area contributed by atoms with Gasteiger partial charge in [0.05, 0.1) is 12.4 Å². The van der Waals surface area contributed by atoms with E-state index in [0.29, 0.717) is 12.1 Å². The van der Waals surface area contributed by atoms with Crippen LogP contribution >= 0.6 is 0 Å². The van der Waals surface area contributed by atoms with Crippen molar-refractivity contribution >= 4 is 35.6 Å². The number of aromatic amines is 1. The lowest BCUT2D eigenvalue weighted by Gasteiger charge is -2.26. The number of imidazole rings is 1. The lowest BCUT2D eigenvalue weighted by Crippen LogP contribution is -2.57. The molecule has 0 aliphatic heterocycles. The molecule has 4 atom stereocenters. The van der Waals surface area contributed by atoms with Crippen molar-refractivity contribution in [2.75, 3.05) is 6.54 Å². The fourth-order valence-corrected chi connectivity index (χ4v) is 3.54. The highest BCUT2D eigenvalue weighted by atomic mass is 16.4. The molecule has 0 bridgehead atoms. The van der Waals surface area contributed by atoms with Crippen LogP contribution in [0.15, 0.2) is 17.5 Å². The Morgan fingerprint density at radius 1 is 0.974 bits per heavy atom. The van der Waals surface area contributed by atoms with Gasteiger partial charge in [0.25, 0.3) is 0 Å². The molecule has 16 nitrogen and oxygen atoms in total. The summed E-state index contributed by atoms with van der Waals surface area (Å²) in [6, 6.07) is -4.59. The molecule has 1 rings (SSSR count). The summed E-state index contributed by atoms with van der Waals surface area (Å²) in [5, 5.41) is 17.2. The average Bonchev–Trinajstić information content (AvgIpc) is 3.35. The van der Waals surface area contributed by atoms with Crippen molar-refractivity contribution in [2.24, 2.45) is 33.8 Å². The van der Waals surface area contributed by atoms with Crippen LogP contribution in [0.3, 0.4) is 0 Å². The molecule has 16 heteroatoms. The molecule has 0 aromatic carbocycles. The van der Waals surface area contributed by atoms with Gasteiger partial charge in [-0.3, -0.25) is 24.2 Å². The van der Waals surface area contributed by atoms with Crippen molar-refractivity contribution in [3.63, 3.8) is 0 Å². The van der Waals surface area contributed by atoms with Crippen LogP contribution in [0.25, 0.3) is 0 Å². The molecule has 1 aromatic rings. The summed E-state index contributed by atoms with van der Waals surface area (Å²) in [6.07, 6.45) is 3.25. The van der Waals surface area contributed by atoms with Crippen LogP contribution in [0.2, 0.25) is 0 Å². The summed E-state index contributed by atoms with van der Waals surface area (Å²) in [5.41, 5.74) is 22.1. The normalized spacial score (nSPS) is 13.9. The van der Waals surface area contributed by atoms with Gasteiger partial charge in [-0.1, -0.05) is 13.8 Å². The van der Waals surface area contributed by atoms with Gasteiger partial charge in [0.15, 0.2) is 5.96 Å². The molecule has 1 heterocycles. The number of nitrogens with two attached hydrogens (primary N) is 4. The van der Waals surface area contributed by atoms with E-state index in [1.165, 1.54) is 12.5 Å². The molecule has 0 aliphatic carbocycles. The SMILES string of the molecule is CC(C)CC(NC(=O)C(CCCN=C(N)N)NC(=O)C(N)CCC(N)=O)C(=O)NC(Cc1cnc[nH]1)C(=O)O. The maximum atomic E-state index is 13.2. The maximum absolute atomic E-state index is 13.2. The standard InChI is InChI=1S/C23H40N10O6/c1-12(2)8-16(21(37)33-17(22(38)39)9-13-10-28-11-30-13)32-20(36)15(4-3-7-29-23(26)27)31-19(35)14(24)5-6-18(25)34/h10-12,14-17H,3-9,24H2,1-2H3,(H2,25,34)(H,28,30)(H,31,35)(H,32,36)(H,33,37)(H,38,39)(H4,26,27,29). The van der Waals surface area contributed by atoms with Crippen molar-refractivity contribution in [3.05, 3.63) is 18.2 Å². The number of aliphatic imine (C=N–C) groups is 1. The van der Waals surface area contributed by atoms with Crippen LogP contribution in [0.1, 0.15) is 51.6 Å². The molecule has 4 unspecified atom stereocenters. The van der Waals surface area contributed by atoms with Gasteiger partial charge in [0.1, 0.15) is 18.1 Å². The number of carbonyl (C=O) groups excluding carboxylic acids is 4. The Morgan fingerprint density at radius 2 is 1.59 bits per heavy atom. The van der Waals surface area contributed by atoms with E-state index in [2.05, 4.69) is 30.9 Å². The van der Waals surface area contributed by atoms with Crippen LogP contribution in [0.5, 0.6) is 0 Å². The number of primary amides is 1. The molecule has 13 N–H and O–H groups in total. The highest BCUT2D eigenvalue weighted by Crippen LogP contribution is 2.09. The molecule has 1 aromatic heterocycles. The number of rotatable bonds is 18. The Morgan fingerprint density at radius 3 is 2.13 bits per heavy atom. The summed E-state index contributed by atoms with van der Waals surface area (Å²) in [5.74, 6) is -4.14. The highest BCUT2D eigenvalue weighted by Gasteiger charge is 2.31. The van der Waals surface area contributed by atoms with Crippen LogP contribution in [0.4, 0.5) is 0 Å². The van der Waals surface area contributed by atoms with E-state index in [-0.39, 0.29) is 50.5 Å². The predicted octanol–water partition coefficient (Wildman–Crippen LogP) is -2.82. The number of carbonyl (C=O) groups is 5. The zero-order chi connectivity index (χ0) is 29.5. The molecule has 0 spiro atoms. The number of nitrogens with one attached hydrogen (secondary N) is 4. The van der Waals surface area contributed by atoms with Crippen LogP contribution in [-0.2, 0) is 30.4 Å². The minimum Gasteiger partial charge on any atom is -0.480 e. The summed E-state index contributed by atoms with van der Waals surface area (Å²) in [4.78, 5) is 72.2. The minimum absolute atomic E-state index is 0.0191. The number of H-pyrrole nitrogens is 1. The first-order chi connectivity index (χ1) is 18.3. The predicted molar refractivity (Wildman–Crippen MR) is 141 cm³/mol. The van der Waals surface area contributed by atoms with Crippen LogP contribution < -0.4 is 38.9 Å². The topological polar surface area (TPSA) is 287 Å². The molecular weight excluding hydrogens is 512 g/mol. The van der Waals surface area contributed by atoms with Crippen molar-refractivity contribution in [3.8, 4) is 0 Å². The van der Waals surface area contributed by atoms with Gasteiger partial charge in [0.2, 0.25) is 23.6 Å². The summed E-state index contributed by atoms with van der Waals surface area (Å²) in [6.45, 7) is 3.84. The van der Waals surface area contributed by atoms with Crippen molar-refractivity contribution in [2.45, 2.75) is 76.5 Å². The second-order valence-electron chi connectivity index (χ2n) is 9.49. The number of aromatic nitrogens is 2. The van der Waals surface area contributed by atoms with Gasteiger partial charge >= 0.3 is 5.97 Å². The molecule has 39 heavy (non-hydrogen) atoms. The molecule has 4 amide bonds. The van der Waals surface area contributed by atoms with Gasteiger partial charge in [-0.25, -0.2) is 9.78 Å². The number of nitrogens with zero attached hydrogens (tertiary/aromatic N) is 2. The van der Waals surface area contributed by atoms with Crippen molar-refractivity contribution in [1.29, 1.82) is 0 Å². The van der Waals surface area contributed by atoms with Crippen molar-refractivity contribution < 1.29 is 29.1 Å². The Labute approximate surface area is 226 Å².